The van der Waals surface area contributed by atoms with Crippen molar-refractivity contribution in [3.63, 3.8) is 0 Å². The van der Waals surface area contributed by atoms with Crippen molar-refractivity contribution in [3.05, 3.63) is 108 Å². The Kier molecular flexibility index (Phi) is 11.4. The number of hydrogen-bond acceptors (Lipinski definition) is 7. The molecule has 1 heterocycles. The van der Waals surface area contributed by atoms with Crippen LogP contribution in [0.4, 0.5) is 4.79 Å². The molecule has 0 unspecified atom stereocenters. The van der Waals surface area contributed by atoms with Crippen LogP contribution in [-0.2, 0) is 30.3 Å². The van der Waals surface area contributed by atoms with E-state index in [9.17, 15) is 24.3 Å². The zero-order chi connectivity index (χ0) is 33.2. The average Bonchev–Trinajstić information content (AvgIpc) is 3.40. The number of carbonyl (C=O) groups is 4. The summed E-state index contributed by atoms with van der Waals surface area (Å²) in [6.07, 6.45) is 3.39. The normalized spacial score (nSPS) is 21.0. The fraction of sp³-hybridized carbons (Fsp3) is 0.351. The molecular weight excluding hydrogens is 598 g/mol. The van der Waals surface area contributed by atoms with Crippen molar-refractivity contribution in [2.45, 2.75) is 56.7 Å². The van der Waals surface area contributed by atoms with E-state index in [1.54, 1.807) is 19.1 Å². The van der Waals surface area contributed by atoms with Gasteiger partial charge in [-0.1, -0.05) is 91.0 Å². The van der Waals surface area contributed by atoms with Crippen molar-refractivity contribution in [3.8, 4) is 11.1 Å². The smallest absolute Gasteiger partial charge is 0.407 e. The molecule has 0 saturated heterocycles. The van der Waals surface area contributed by atoms with Crippen molar-refractivity contribution >= 4 is 23.9 Å². The topological polar surface area (TPSA) is 143 Å². The lowest BCUT2D eigenvalue weighted by atomic mass is 9.97. The summed E-state index contributed by atoms with van der Waals surface area (Å²) in [4.78, 5) is 51.9. The second-order valence-electron chi connectivity index (χ2n) is 12.0. The second kappa shape index (κ2) is 16.0. The summed E-state index contributed by atoms with van der Waals surface area (Å²) in [5, 5.41) is 18.1. The molecule has 10 nitrogen and oxygen atoms in total. The maximum atomic E-state index is 13.1. The number of rotatable bonds is 9. The highest BCUT2D eigenvalue weighted by Gasteiger charge is 2.31. The summed E-state index contributed by atoms with van der Waals surface area (Å²) in [5.41, 5.74) is 5.36. The zero-order valence-electron chi connectivity index (χ0n) is 26.4. The van der Waals surface area contributed by atoms with Gasteiger partial charge in [-0.2, -0.15) is 0 Å². The molecule has 0 aromatic heterocycles. The lowest BCUT2D eigenvalue weighted by molar-refractivity contribution is -0.147. The van der Waals surface area contributed by atoms with Crippen LogP contribution in [0.15, 0.2) is 91.0 Å². The number of nitrogens with one attached hydrogen (secondary N) is 3. The standard InChI is InChI=1S/C37H41N3O7/c1-24-22-46-36(44)33(40-37(45)47-23-32-30-16-8-6-14-28(30)29-15-7-9-17-31(29)32)18-10-5-13-26(35(43)38-24)20-34(42)39-27(21-41)19-25-11-3-2-4-12-25/h2-12,14-17,24,26-27,32-33,41H,13,18-23H2,1H3,(H,38,43)(H,39,42)(H,40,45)/b10-5-/t24-,26+,27+,33-/m1/s1. The lowest BCUT2D eigenvalue weighted by Crippen LogP contribution is -2.46. The van der Waals surface area contributed by atoms with Crippen LogP contribution in [0, 0.1) is 5.92 Å². The first-order valence-corrected chi connectivity index (χ1v) is 16.0. The Morgan fingerprint density at radius 3 is 2.26 bits per heavy atom. The number of benzene rings is 3. The first kappa shape index (κ1) is 33.4. The van der Waals surface area contributed by atoms with Crippen molar-refractivity contribution in [2.75, 3.05) is 19.8 Å². The maximum Gasteiger partial charge on any atom is 0.407 e. The number of fused-ring (bicyclic) bond motifs is 3. The van der Waals surface area contributed by atoms with Gasteiger partial charge in [0.2, 0.25) is 11.8 Å². The van der Waals surface area contributed by atoms with E-state index in [1.807, 2.05) is 66.7 Å². The molecule has 3 aromatic rings. The molecular formula is C37H41N3O7. The highest BCUT2D eigenvalue weighted by atomic mass is 16.6. The Hall–Kier alpha value is -4.96. The third kappa shape index (κ3) is 8.86. The Bertz CT molecular complexity index is 1550. The Balaban J connectivity index is 1.18. The summed E-state index contributed by atoms with van der Waals surface area (Å²) < 4.78 is 11.1. The molecule has 2 aliphatic rings. The number of amides is 3. The van der Waals surface area contributed by atoms with Crippen LogP contribution in [0.1, 0.15) is 48.8 Å². The number of alkyl carbamates (subject to hydrolysis) is 1. The first-order valence-electron chi connectivity index (χ1n) is 16.0. The number of ether oxygens (including phenoxy) is 2. The molecule has 0 saturated carbocycles. The van der Waals surface area contributed by atoms with Crippen LogP contribution in [0.3, 0.4) is 0 Å². The zero-order valence-corrected chi connectivity index (χ0v) is 26.4. The van der Waals surface area contributed by atoms with E-state index in [0.717, 1.165) is 27.8 Å². The van der Waals surface area contributed by atoms with E-state index in [-0.39, 0.29) is 56.8 Å². The fourth-order valence-corrected chi connectivity index (χ4v) is 6.05. The van der Waals surface area contributed by atoms with Gasteiger partial charge in [0.15, 0.2) is 0 Å². The monoisotopic (exact) mass is 639 g/mol. The number of aliphatic hydroxyl groups excluding tert-OH is 1. The van der Waals surface area contributed by atoms with Gasteiger partial charge in [-0.15, -0.1) is 0 Å². The third-order valence-electron chi connectivity index (χ3n) is 8.46. The molecule has 0 fully saturated rings. The van der Waals surface area contributed by atoms with Gasteiger partial charge in [-0.25, -0.2) is 9.59 Å². The first-order chi connectivity index (χ1) is 22.8. The number of allylic oxidation sites excluding steroid dienone is 1. The van der Waals surface area contributed by atoms with Crippen LogP contribution in [-0.4, -0.2) is 66.9 Å². The molecule has 3 amide bonds. The molecule has 1 aliphatic heterocycles. The van der Waals surface area contributed by atoms with Crippen LogP contribution < -0.4 is 16.0 Å². The van der Waals surface area contributed by atoms with E-state index < -0.39 is 36.1 Å². The van der Waals surface area contributed by atoms with Gasteiger partial charge in [0.05, 0.1) is 24.6 Å². The van der Waals surface area contributed by atoms with E-state index in [2.05, 4.69) is 28.1 Å². The van der Waals surface area contributed by atoms with Gasteiger partial charge in [-0.3, -0.25) is 9.59 Å². The predicted molar refractivity (Wildman–Crippen MR) is 176 cm³/mol. The highest BCUT2D eigenvalue weighted by Crippen LogP contribution is 2.44. The SMILES string of the molecule is C[C@@H]1COC(=O)[C@H](NC(=O)OCC2c3ccccc3-c3ccccc32)C/C=C\C[C@@H](CC(=O)N[C@H](CO)Cc2ccccc2)C(=O)N1. The molecule has 0 radical (unpaired) electrons. The minimum absolute atomic E-state index is 0.0879. The van der Waals surface area contributed by atoms with Gasteiger partial charge in [0.1, 0.15) is 19.3 Å². The van der Waals surface area contributed by atoms with E-state index in [4.69, 9.17) is 9.47 Å². The van der Waals surface area contributed by atoms with Crippen LogP contribution >= 0.6 is 0 Å². The van der Waals surface area contributed by atoms with Gasteiger partial charge in [0, 0.05) is 12.3 Å². The molecule has 10 heteroatoms. The third-order valence-corrected chi connectivity index (χ3v) is 8.46. The summed E-state index contributed by atoms with van der Waals surface area (Å²) in [6.45, 7) is 1.45. The summed E-state index contributed by atoms with van der Waals surface area (Å²) in [7, 11) is 0. The van der Waals surface area contributed by atoms with Crippen molar-refractivity contribution in [2.24, 2.45) is 5.92 Å². The van der Waals surface area contributed by atoms with Gasteiger partial charge >= 0.3 is 12.1 Å². The number of aliphatic hydroxyl groups is 1. The lowest BCUT2D eigenvalue weighted by Gasteiger charge is -2.23. The van der Waals surface area contributed by atoms with E-state index >= 15 is 0 Å². The quantitative estimate of drug-likeness (QED) is 0.205. The van der Waals surface area contributed by atoms with Gasteiger partial charge < -0.3 is 30.5 Å². The van der Waals surface area contributed by atoms with Gasteiger partial charge in [0.25, 0.3) is 0 Å². The summed E-state index contributed by atoms with van der Waals surface area (Å²) in [5.74, 6) is -2.15. The van der Waals surface area contributed by atoms with Crippen molar-refractivity contribution < 1.29 is 33.8 Å². The summed E-state index contributed by atoms with van der Waals surface area (Å²) in [6, 6.07) is 23.6. The van der Waals surface area contributed by atoms with Gasteiger partial charge in [-0.05, 0) is 54.0 Å². The molecule has 5 rings (SSSR count). The number of cyclic esters (lactones) is 1. The summed E-state index contributed by atoms with van der Waals surface area (Å²) >= 11 is 0. The fourth-order valence-electron chi connectivity index (χ4n) is 6.05. The van der Waals surface area contributed by atoms with E-state index in [1.165, 1.54) is 0 Å². The van der Waals surface area contributed by atoms with Crippen molar-refractivity contribution in [1.82, 2.24) is 16.0 Å². The Labute approximate surface area is 274 Å². The number of esters is 1. The molecule has 0 bridgehead atoms. The Morgan fingerprint density at radius 1 is 0.936 bits per heavy atom. The molecule has 0 spiro atoms. The predicted octanol–water partition coefficient (Wildman–Crippen LogP) is 4.02. The average molecular weight is 640 g/mol. The molecule has 246 valence electrons. The van der Waals surface area contributed by atoms with Crippen LogP contribution in [0.25, 0.3) is 11.1 Å². The molecule has 47 heavy (non-hydrogen) atoms. The minimum atomic E-state index is -1.01. The Morgan fingerprint density at radius 2 is 1.57 bits per heavy atom. The minimum Gasteiger partial charge on any atom is -0.462 e. The largest absolute Gasteiger partial charge is 0.462 e. The second-order valence-corrected chi connectivity index (χ2v) is 12.0. The maximum absolute atomic E-state index is 13.1. The number of hydrogen-bond donors (Lipinski definition) is 4. The molecule has 4 N–H and O–H groups in total. The van der Waals surface area contributed by atoms with E-state index in [0.29, 0.717) is 6.42 Å². The van der Waals surface area contributed by atoms with Crippen molar-refractivity contribution in [1.29, 1.82) is 0 Å². The number of carbonyl (C=O) groups excluding carboxylic acids is 4. The molecule has 3 aromatic carbocycles. The highest BCUT2D eigenvalue weighted by molar-refractivity contribution is 5.86. The molecule has 1 aliphatic carbocycles. The molecule has 4 atom stereocenters. The van der Waals surface area contributed by atoms with Crippen LogP contribution in [0.2, 0.25) is 0 Å². The van der Waals surface area contributed by atoms with Crippen LogP contribution in [0.5, 0.6) is 0 Å².